The lowest BCUT2D eigenvalue weighted by Crippen LogP contribution is -2.17. The molecule has 0 saturated heterocycles. The van der Waals surface area contributed by atoms with E-state index >= 15 is 0 Å². The number of nitrogens with zero attached hydrogens (tertiary/aromatic N) is 2. The zero-order chi connectivity index (χ0) is 19.3. The van der Waals surface area contributed by atoms with Crippen LogP contribution >= 0.6 is 11.3 Å². The van der Waals surface area contributed by atoms with Crippen LogP contribution in [0, 0.1) is 0 Å². The van der Waals surface area contributed by atoms with Gasteiger partial charge in [-0.25, -0.2) is 9.97 Å². The number of anilines is 1. The van der Waals surface area contributed by atoms with Crippen LogP contribution in [0.3, 0.4) is 0 Å². The lowest BCUT2D eigenvalue weighted by Gasteiger charge is -2.09. The van der Waals surface area contributed by atoms with Gasteiger partial charge in [-0.2, -0.15) is 0 Å². The van der Waals surface area contributed by atoms with Crippen molar-refractivity contribution in [2.45, 2.75) is 0 Å². The number of hydrogen-bond acceptors (Lipinski definition) is 5. The van der Waals surface area contributed by atoms with Gasteiger partial charge in [0.05, 0.1) is 28.5 Å². The molecule has 1 amide bonds. The summed E-state index contributed by atoms with van der Waals surface area (Å²) in [5, 5.41) is 4.60. The molecule has 136 valence electrons. The average Bonchev–Trinajstić information content (AvgIpc) is 3.29. The van der Waals surface area contributed by atoms with Gasteiger partial charge in [-0.1, -0.05) is 54.6 Å². The van der Waals surface area contributed by atoms with Gasteiger partial charge in [-0.3, -0.25) is 9.59 Å². The Balaban J connectivity index is 1.55. The molecule has 0 fully saturated rings. The molecule has 0 aliphatic rings. The van der Waals surface area contributed by atoms with Crippen molar-refractivity contribution in [3.63, 3.8) is 0 Å². The molecule has 0 bridgehead atoms. The Labute approximate surface area is 165 Å². The van der Waals surface area contributed by atoms with E-state index in [4.69, 9.17) is 0 Å². The van der Waals surface area contributed by atoms with Crippen molar-refractivity contribution >= 4 is 28.7 Å². The highest BCUT2D eigenvalue weighted by Crippen LogP contribution is 2.20. The van der Waals surface area contributed by atoms with E-state index in [0.29, 0.717) is 27.5 Å². The molecule has 2 aromatic heterocycles. The van der Waals surface area contributed by atoms with Crippen LogP contribution < -0.4 is 5.32 Å². The van der Waals surface area contributed by atoms with Crippen molar-refractivity contribution in [3.05, 3.63) is 101 Å². The average molecular weight is 385 g/mol. The van der Waals surface area contributed by atoms with Crippen molar-refractivity contribution in [3.8, 4) is 11.4 Å². The largest absolute Gasteiger partial charge is 0.319 e. The Bertz CT molecular complexity index is 1110. The van der Waals surface area contributed by atoms with Crippen LogP contribution in [0.25, 0.3) is 11.4 Å². The molecule has 5 nitrogen and oxygen atoms in total. The molecule has 2 heterocycles. The maximum atomic E-state index is 12.7. The highest BCUT2D eigenvalue weighted by Gasteiger charge is 2.19. The van der Waals surface area contributed by atoms with E-state index in [1.807, 2.05) is 41.8 Å². The van der Waals surface area contributed by atoms with Crippen molar-refractivity contribution in [2.24, 2.45) is 0 Å². The smallest absolute Gasteiger partial charge is 0.256 e. The summed E-state index contributed by atoms with van der Waals surface area (Å²) in [6, 6.07) is 19.9. The molecule has 0 aliphatic heterocycles. The third kappa shape index (κ3) is 3.72. The molecule has 0 atom stereocenters. The van der Waals surface area contributed by atoms with E-state index in [-0.39, 0.29) is 11.7 Å². The Kier molecular flexibility index (Phi) is 5.03. The first kappa shape index (κ1) is 17.8. The van der Waals surface area contributed by atoms with E-state index in [2.05, 4.69) is 15.3 Å². The Hall–Kier alpha value is -3.64. The molecular weight excluding hydrogens is 370 g/mol. The van der Waals surface area contributed by atoms with Gasteiger partial charge in [0.1, 0.15) is 0 Å². The van der Waals surface area contributed by atoms with E-state index in [9.17, 15) is 9.59 Å². The minimum Gasteiger partial charge on any atom is -0.319 e. The van der Waals surface area contributed by atoms with E-state index in [1.165, 1.54) is 11.3 Å². The van der Waals surface area contributed by atoms with Gasteiger partial charge in [0, 0.05) is 11.1 Å². The number of carbonyl (C=O) groups excluding carboxylic acids is 2. The maximum absolute atomic E-state index is 12.7. The second-order valence-electron chi connectivity index (χ2n) is 5.97. The number of ketones is 1. The number of hydrogen-bond donors (Lipinski definition) is 1. The molecule has 2 aromatic carbocycles. The molecule has 0 spiro atoms. The van der Waals surface area contributed by atoms with Gasteiger partial charge in [-0.15, -0.1) is 11.3 Å². The van der Waals surface area contributed by atoms with E-state index in [0.717, 1.165) is 5.56 Å². The molecule has 6 heteroatoms. The summed E-state index contributed by atoms with van der Waals surface area (Å²) in [4.78, 5) is 34.6. The summed E-state index contributed by atoms with van der Waals surface area (Å²) in [5.74, 6) is 0.0277. The number of nitrogens with one attached hydrogen (secondary N) is 1. The number of aromatic nitrogens is 2. The lowest BCUT2D eigenvalue weighted by atomic mass is 10.0. The zero-order valence-electron chi connectivity index (χ0n) is 14.7. The topological polar surface area (TPSA) is 72.0 Å². The summed E-state index contributed by atoms with van der Waals surface area (Å²) in [6.45, 7) is 0. The second kappa shape index (κ2) is 7.94. The predicted octanol–water partition coefficient (Wildman–Crippen LogP) is 4.69. The first-order valence-corrected chi connectivity index (χ1v) is 9.46. The summed E-state index contributed by atoms with van der Waals surface area (Å²) >= 11 is 1.35. The molecule has 28 heavy (non-hydrogen) atoms. The standard InChI is InChI=1S/C22H15N3O2S/c26-20(19-11-6-12-28-19)17-9-4-5-10-18(17)22(27)25-16-13-23-21(24-14-16)15-7-2-1-3-8-15/h1-14H,(H,25,27). The minimum atomic E-state index is -0.378. The quantitative estimate of drug-likeness (QED) is 0.506. The molecule has 0 aliphatic carbocycles. The van der Waals surface area contributed by atoms with Crippen molar-refractivity contribution in [1.82, 2.24) is 9.97 Å². The number of carbonyl (C=O) groups is 2. The summed E-state index contributed by atoms with van der Waals surface area (Å²) in [6.07, 6.45) is 3.11. The van der Waals surface area contributed by atoms with Gasteiger partial charge in [-0.05, 0) is 17.5 Å². The van der Waals surface area contributed by atoms with Gasteiger partial charge >= 0.3 is 0 Å². The number of benzene rings is 2. The predicted molar refractivity (Wildman–Crippen MR) is 110 cm³/mol. The highest BCUT2D eigenvalue weighted by molar-refractivity contribution is 7.12. The number of rotatable bonds is 5. The van der Waals surface area contributed by atoms with Gasteiger partial charge < -0.3 is 5.32 Å². The molecular formula is C22H15N3O2S. The molecule has 0 unspecified atom stereocenters. The molecule has 0 radical (unpaired) electrons. The van der Waals surface area contributed by atoms with Gasteiger partial charge in [0.2, 0.25) is 5.78 Å². The van der Waals surface area contributed by atoms with E-state index in [1.54, 1.807) is 42.7 Å². The molecule has 4 rings (SSSR count). The Morgan fingerprint density at radius 2 is 1.46 bits per heavy atom. The fourth-order valence-corrected chi connectivity index (χ4v) is 3.42. The third-order valence-electron chi connectivity index (χ3n) is 4.10. The normalized spacial score (nSPS) is 10.4. The van der Waals surface area contributed by atoms with Crippen LogP contribution in [0.1, 0.15) is 25.6 Å². The zero-order valence-corrected chi connectivity index (χ0v) is 15.5. The van der Waals surface area contributed by atoms with Crippen LogP contribution in [-0.2, 0) is 0 Å². The highest BCUT2D eigenvalue weighted by atomic mass is 32.1. The fourth-order valence-electron chi connectivity index (χ4n) is 2.75. The van der Waals surface area contributed by atoms with Crippen LogP contribution in [0.5, 0.6) is 0 Å². The monoisotopic (exact) mass is 385 g/mol. The molecule has 4 aromatic rings. The Morgan fingerprint density at radius 3 is 2.14 bits per heavy atom. The van der Waals surface area contributed by atoms with Crippen LogP contribution in [0.4, 0.5) is 5.69 Å². The van der Waals surface area contributed by atoms with Gasteiger partial charge in [0.25, 0.3) is 5.91 Å². The first-order chi connectivity index (χ1) is 13.7. The van der Waals surface area contributed by atoms with E-state index < -0.39 is 0 Å². The Morgan fingerprint density at radius 1 is 0.786 bits per heavy atom. The third-order valence-corrected chi connectivity index (χ3v) is 4.97. The van der Waals surface area contributed by atoms with Gasteiger partial charge in [0.15, 0.2) is 5.82 Å². The lowest BCUT2D eigenvalue weighted by molar-refractivity contribution is 0.0997. The molecule has 0 saturated carbocycles. The van der Waals surface area contributed by atoms with Crippen molar-refractivity contribution in [1.29, 1.82) is 0 Å². The SMILES string of the molecule is O=C(Nc1cnc(-c2ccccc2)nc1)c1ccccc1C(=O)c1cccs1. The maximum Gasteiger partial charge on any atom is 0.256 e. The summed E-state index contributed by atoms with van der Waals surface area (Å²) in [7, 11) is 0. The fraction of sp³-hybridized carbons (Fsp3) is 0. The van der Waals surface area contributed by atoms with Crippen molar-refractivity contribution < 1.29 is 9.59 Å². The summed E-state index contributed by atoms with van der Waals surface area (Å²) < 4.78 is 0. The van der Waals surface area contributed by atoms with Crippen LogP contribution in [0.2, 0.25) is 0 Å². The number of thiophene rings is 1. The first-order valence-electron chi connectivity index (χ1n) is 8.58. The van der Waals surface area contributed by atoms with Crippen molar-refractivity contribution in [2.75, 3.05) is 5.32 Å². The minimum absolute atomic E-state index is 0.170. The van der Waals surface area contributed by atoms with Crippen LogP contribution in [-0.4, -0.2) is 21.7 Å². The summed E-state index contributed by atoms with van der Waals surface area (Å²) in [5.41, 5.74) is 2.03. The number of amides is 1. The second-order valence-corrected chi connectivity index (χ2v) is 6.92. The molecule has 1 N–H and O–H groups in total. The van der Waals surface area contributed by atoms with Crippen LogP contribution in [0.15, 0.2) is 84.5 Å².